The molecule has 1 aromatic rings. The first kappa shape index (κ1) is 15.8. The fourth-order valence-electron chi connectivity index (χ4n) is 2.77. The SMILES string of the molecule is CCCNC1CCc2cc(OC(C)C(=O)NCC)ccc21. The summed E-state index contributed by atoms with van der Waals surface area (Å²) >= 11 is 0. The number of aryl methyl sites for hydroxylation is 1. The van der Waals surface area contributed by atoms with Crippen molar-refractivity contribution in [3.05, 3.63) is 29.3 Å². The maximum Gasteiger partial charge on any atom is 0.260 e. The maximum atomic E-state index is 11.7. The van der Waals surface area contributed by atoms with Crippen LogP contribution < -0.4 is 15.4 Å². The van der Waals surface area contributed by atoms with Crippen molar-refractivity contribution in [2.45, 2.75) is 52.2 Å². The molecule has 0 heterocycles. The summed E-state index contributed by atoms with van der Waals surface area (Å²) in [5, 5.41) is 6.35. The minimum Gasteiger partial charge on any atom is -0.481 e. The van der Waals surface area contributed by atoms with Crippen molar-refractivity contribution in [3.8, 4) is 5.75 Å². The molecule has 2 atom stereocenters. The van der Waals surface area contributed by atoms with Crippen LogP contribution in [0.1, 0.15) is 50.8 Å². The summed E-state index contributed by atoms with van der Waals surface area (Å²) in [6, 6.07) is 6.66. The minimum absolute atomic E-state index is 0.0690. The van der Waals surface area contributed by atoms with Gasteiger partial charge in [0.25, 0.3) is 5.91 Å². The predicted octanol–water partition coefficient (Wildman–Crippen LogP) is 2.58. The van der Waals surface area contributed by atoms with E-state index in [1.807, 2.05) is 13.0 Å². The molecule has 1 aliphatic rings. The molecule has 2 unspecified atom stereocenters. The van der Waals surface area contributed by atoms with Crippen LogP contribution in [0.15, 0.2) is 18.2 Å². The van der Waals surface area contributed by atoms with E-state index in [2.05, 4.69) is 29.7 Å². The summed E-state index contributed by atoms with van der Waals surface area (Å²) in [4.78, 5) is 11.7. The molecule has 1 amide bonds. The molecule has 0 saturated heterocycles. The fourth-order valence-corrected chi connectivity index (χ4v) is 2.77. The van der Waals surface area contributed by atoms with Gasteiger partial charge in [0.1, 0.15) is 5.75 Å². The Hall–Kier alpha value is -1.55. The van der Waals surface area contributed by atoms with Crippen LogP contribution in [0.3, 0.4) is 0 Å². The third-order valence-electron chi connectivity index (χ3n) is 3.87. The van der Waals surface area contributed by atoms with Crippen LogP contribution in [0.4, 0.5) is 0 Å². The molecular weight excluding hydrogens is 264 g/mol. The van der Waals surface area contributed by atoms with E-state index in [1.54, 1.807) is 6.92 Å². The van der Waals surface area contributed by atoms with Crippen LogP contribution in [-0.2, 0) is 11.2 Å². The van der Waals surface area contributed by atoms with Gasteiger partial charge in [-0.25, -0.2) is 0 Å². The standard InChI is InChI=1S/C17H26N2O2/c1-4-10-19-16-9-6-13-11-14(7-8-15(13)16)21-12(3)17(20)18-5-2/h7-8,11-12,16,19H,4-6,9-10H2,1-3H3,(H,18,20). The summed E-state index contributed by atoms with van der Waals surface area (Å²) in [5.74, 6) is 0.712. The number of carbonyl (C=O) groups excluding carboxylic acids is 1. The van der Waals surface area contributed by atoms with Gasteiger partial charge < -0.3 is 15.4 Å². The van der Waals surface area contributed by atoms with Crippen LogP contribution >= 0.6 is 0 Å². The van der Waals surface area contributed by atoms with Gasteiger partial charge in [0.15, 0.2) is 6.10 Å². The molecule has 4 heteroatoms. The highest BCUT2D eigenvalue weighted by Gasteiger charge is 2.22. The Morgan fingerprint density at radius 2 is 2.24 bits per heavy atom. The number of hydrogen-bond acceptors (Lipinski definition) is 3. The number of rotatable bonds is 7. The first-order valence-corrected chi connectivity index (χ1v) is 7.96. The molecule has 0 bridgehead atoms. The molecule has 116 valence electrons. The molecule has 0 fully saturated rings. The second kappa shape index (κ2) is 7.46. The topological polar surface area (TPSA) is 50.4 Å². The van der Waals surface area contributed by atoms with Gasteiger partial charge in [-0.3, -0.25) is 4.79 Å². The number of likely N-dealkylation sites (N-methyl/N-ethyl adjacent to an activating group) is 1. The number of benzene rings is 1. The Labute approximate surface area is 127 Å². The largest absolute Gasteiger partial charge is 0.481 e. The zero-order valence-electron chi connectivity index (χ0n) is 13.2. The smallest absolute Gasteiger partial charge is 0.260 e. The molecule has 0 aromatic heterocycles. The van der Waals surface area contributed by atoms with Gasteiger partial charge in [-0.15, -0.1) is 0 Å². The third-order valence-corrected chi connectivity index (χ3v) is 3.87. The Balaban J connectivity index is 2.00. The van der Waals surface area contributed by atoms with Crippen molar-refractivity contribution >= 4 is 5.91 Å². The molecule has 0 spiro atoms. The molecule has 21 heavy (non-hydrogen) atoms. The molecule has 0 saturated carbocycles. The molecule has 0 radical (unpaired) electrons. The van der Waals surface area contributed by atoms with E-state index < -0.39 is 6.10 Å². The van der Waals surface area contributed by atoms with E-state index in [9.17, 15) is 4.79 Å². The molecular formula is C17H26N2O2. The summed E-state index contributed by atoms with van der Waals surface area (Å²) in [6.07, 6.45) is 2.91. The molecule has 4 nitrogen and oxygen atoms in total. The van der Waals surface area contributed by atoms with E-state index in [1.165, 1.54) is 11.1 Å². The molecule has 0 aliphatic heterocycles. The highest BCUT2D eigenvalue weighted by atomic mass is 16.5. The average Bonchev–Trinajstić information content (AvgIpc) is 2.87. The number of nitrogens with one attached hydrogen (secondary N) is 2. The first-order valence-electron chi connectivity index (χ1n) is 7.96. The van der Waals surface area contributed by atoms with Crippen LogP contribution in [-0.4, -0.2) is 25.1 Å². The number of carbonyl (C=O) groups is 1. The number of amides is 1. The molecule has 1 aliphatic carbocycles. The average molecular weight is 290 g/mol. The Kier molecular flexibility index (Phi) is 5.62. The summed E-state index contributed by atoms with van der Waals surface area (Å²) in [5.41, 5.74) is 2.71. The van der Waals surface area contributed by atoms with Crippen molar-refractivity contribution in [3.63, 3.8) is 0 Å². The van der Waals surface area contributed by atoms with Crippen molar-refractivity contribution in [2.75, 3.05) is 13.1 Å². The first-order chi connectivity index (χ1) is 10.2. The number of ether oxygens (including phenoxy) is 1. The van der Waals surface area contributed by atoms with Crippen LogP contribution in [0.5, 0.6) is 5.75 Å². The fraction of sp³-hybridized carbons (Fsp3) is 0.588. The van der Waals surface area contributed by atoms with E-state index in [4.69, 9.17) is 4.74 Å². The Bertz CT molecular complexity index is 488. The second-order valence-corrected chi connectivity index (χ2v) is 5.56. The lowest BCUT2D eigenvalue weighted by Crippen LogP contribution is -2.36. The van der Waals surface area contributed by atoms with Gasteiger partial charge in [0, 0.05) is 12.6 Å². The van der Waals surface area contributed by atoms with Gasteiger partial charge in [-0.1, -0.05) is 13.0 Å². The Morgan fingerprint density at radius 3 is 2.95 bits per heavy atom. The zero-order chi connectivity index (χ0) is 15.2. The van der Waals surface area contributed by atoms with Crippen LogP contribution in [0.2, 0.25) is 0 Å². The normalized spacial score (nSPS) is 18.1. The summed E-state index contributed by atoms with van der Waals surface area (Å²) < 4.78 is 5.74. The maximum absolute atomic E-state index is 11.7. The van der Waals surface area contributed by atoms with Crippen molar-refractivity contribution in [1.82, 2.24) is 10.6 Å². The monoisotopic (exact) mass is 290 g/mol. The van der Waals surface area contributed by atoms with E-state index in [0.29, 0.717) is 12.6 Å². The second-order valence-electron chi connectivity index (χ2n) is 5.56. The van der Waals surface area contributed by atoms with Crippen LogP contribution in [0.25, 0.3) is 0 Å². The molecule has 2 N–H and O–H groups in total. The third kappa shape index (κ3) is 3.97. The lowest BCUT2D eigenvalue weighted by Gasteiger charge is -2.16. The highest BCUT2D eigenvalue weighted by molar-refractivity contribution is 5.80. The highest BCUT2D eigenvalue weighted by Crippen LogP contribution is 2.33. The van der Waals surface area contributed by atoms with E-state index in [-0.39, 0.29) is 5.91 Å². The lowest BCUT2D eigenvalue weighted by atomic mass is 10.1. The predicted molar refractivity (Wildman–Crippen MR) is 84.6 cm³/mol. The van der Waals surface area contributed by atoms with Crippen molar-refractivity contribution < 1.29 is 9.53 Å². The van der Waals surface area contributed by atoms with Gasteiger partial charge >= 0.3 is 0 Å². The summed E-state index contributed by atoms with van der Waals surface area (Å²) in [6.45, 7) is 7.55. The minimum atomic E-state index is -0.460. The van der Waals surface area contributed by atoms with Gasteiger partial charge in [0.2, 0.25) is 0 Å². The quantitative estimate of drug-likeness (QED) is 0.811. The van der Waals surface area contributed by atoms with Crippen LogP contribution in [0, 0.1) is 0 Å². The van der Waals surface area contributed by atoms with Gasteiger partial charge in [0.05, 0.1) is 0 Å². The molecule has 2 rings (SSSR count). The number of fused-ring (bicyclic) bond motifs is 1. The molecule has 1 aromatic carbocycles. The summed E-state index contributed by atoms with van der Waals surface area (Å²) in [7, 11) is 0. The van der Waals surface area contributed by atoms with Gasteiger partial charge in [-0.2, -0.15) is 0 Å². The van der Waals surface area contributed by atoms with E-state index >= 15 is 0 Å². The van der Waals surface area contributed by atoms with Crippen molar-refractivity contribution in [1.29, 1.82) is 0 Å². The van der Waals surface area contributed by atoms with Crippen molar-refractivity contribution in [2.24, 2.45) is 0 Å². The lowest BCUT2D eigenvalue weighted by molar-refractivity contribution is -0.127. The number of hydrogen-bond donors (Lipinski definition) is 2. The van der Waals surface area contributed by atoms with E-state index in [0.717, 1.165) is 31.6 Å². The zero-order valence-corrected chi connectivity index (χ0v) is 13.2. The Morgan fingerprint density at radius 1 is 1.43 bits per heavy atom. The van der Waals surface area contributed by atoms with Gasteiger partial charge in [-0.05, 0) is 62.9 Å².